The Kier molecular flexibility index (Phi) is 2.17. The van der Waals surface area contributed by atoms with Crippen molar-refractivity contribution in [2.75, 3.05) is 0 Å². The van der Waals surface area contributed by atoms with Crippen molar-refractivity contribution in [2.24, 2.45) is 0 Å². The lowest BCUT2D eigenvalue weighted by Gasteiger charge is -1.99. The van der Waals surface area contributed by atoms with E-state index >= 15 is 0 Å². The number of carbonyl (C=O) groups is 1. The molecule has 0 aromatic heterocycles. The summed E-state index contributed by atoms with van der Waals surface area (Å²) in [5.74, 6) is 0. The fraction of sp³-hybridized carbons (Fsp3) is 0. The maximum Gasteiger partial charge on any atom is 0.270 e. The fourth-order valence-electron chi connectivity index (χ4n) is 1.50. The summed E-state index contributed by atoms with van der Waals surface area (Å²) in [6.07, 6.45) is 0.700. The van der Waals surface area contributed by atoms with Gasteiger partial charge in [0.15, 0.2) is 6.29 Å². The molecular weight excluding hydrogens is 194 g/mol. The minimum atomic E-state index is -0.471. The van der Waals surface area contributed by atoms with Crippen LogP contribution in [-0.2, 0) is 0 Å². The van der Waals surface area contributed by atoms with Crippen LogP contribution in [0.4, 0.5) is 5.69 Å². The summed E-state index contributed by atoms with van der Waals surface area (Å²) in [6.45, 7) is 0. The molecule has 15 heavy (non-hydrogen) atoms. The monoisotopic (exact) mass is 201 g/mol. The van der Waals surface area contributed by atoms with Gasteiger partial charge in [0.05, 0.1) is 4.92 Å². The predicted octanol–water partition coefficient (Wildman–Crippen LogP) is 2.56. The number of nitro benzene ring substituents is 1. The van der Waals surface area contributed by atoms with E-state index in [1.165, 1.54) is 12.1 Å². The van der Waals surface area contributed by atoms with Crippen molar-refractivity contribution in [3.05, 3.63) is 52.1 Å². The molecule has 0 amide bonds. The van der Waals surface area contributed by atoms with Gasteiger partial charge in [0.2, 0.25) is 0 Å². The highest BCUT2D eigenvalue weighted by Crippen LogP contribution is 2.22. The topological polar surface area (TPSA) is 60.2 Å². The van der Waals surface area contributed by atoms with Gasteiger partial charge in [-0.05, 0) is 16.8 Å². The molecule has 0 bridgehead atoms. The predicted molar refractivity (Wildman–Crippen MR) is 56.0 cm³/mol. The van der Waals surface area contributed by atoms with Crippen LogP contribution in [0.25, 0.3) is 10.8 Å². The SMILES string of the molecule is O=Cc1cccc2ccc([N+](=O)[O-])cc12. The number of hydrogen-bond acceptors (Lipinski definition) is 3. The van der Waals surface area contributed by atoms with Crippen LogP contribution in [0.3, 0.4) is 0 Å². The number of hydrogen-bond donors (Lipinski definition) is 0. The van der Waals surface area contributed by atoms with E-state index in [1.54, 1.807) is 18.2 Å². The van der Waals surface area contributed by atoms with E-state index in [1.807, 2.05) is 6.07 Å². The van der Waals surface area contributed by atoms with Gasteiger partial charge in [0.25, 0.3) is 5.69 Å². The molecule has 4 nitrogen and oxygen atoms in total. The van der Waals surface area contributed by atoms with Crippen LogP contribution in [0.15, 0.2) is 36.4 Å². The van der Waals surface area contributed by atoms with Gasteiger partial charge < -0.3 is 0 Å². The van der Waals surface area contributed by atoms with Crippen molar-refractivity contribution in [2.45, 2.75) is 0 Å². The van der Waals surface area contributed by atoms with E-state index in [-0.39, 0.29) is 5.69 Å². The van der Waals surface area contributed by atoms with Crippen molar-refractivity contribution < 1.29 is 9.72 Å². The normalized spacial score (nSPS) is 10.1. The summed E-state index contributed by atoms with van der Waals surface area (Å²) in [5, 5.41) is 12.0. The molecule has 2 aromatic carbocycles. The van der Waals surface area contributed by atoms with Gasteiger partial charge in [-0.1, -0.05) is 18.2 Å². The number of fused-ring (bicyclic) bond motifs is 1. The second-order valence-corrected chi connectivity index (χ2v) is 3.13. The van der Waals surface area contributed by atoms with Crippen molar-refractivity contribution >= 4 is 22.7 Å². The zero-order chi connectivity index (χ0) is 10.8. The number of non-ortho nitro benzene ring substituents is 1. The van der Waals surface area contributed by atoms with Gasteiger partial charge in [0.1, 0.15) is 0 Å². The Hall–Kier alpha value is -2.23. The second kappa shape index (κ2) is 3.49. The van der Waals surface area contributed by atoms with Crippen molar-refractivity contribution in [1.29, 1.82) is 0 Å². The number of aldehydes is 1. The average Bonchev–Trinajstić information content (AvgIpc) is 2.27. The van der Waals surface area contributed by atoms with Crippen LogP contribution in [0.1, 0.15) is 10.4 Å². The lowest BCUT2D eigenvalue weighted by atomic mass is 10.0. The molecule has 0 aliphatic rings. The zero-order valence-electron chi connectivity index (χ0n) is 7.71. The number of carbonyl (C=O) groups excluding carboxylic acids is 1. The summed E-state index contributed by atoms with van der Waals surface area (Å²) in [5.41, 5.74) is 0.466. The first-order chi connectivity index (χ1) is 7.22. The van der Waals surface area contributed by atoms with Gasteiger partial charge in [-0.25, -0.2) is 0 Å². The molecule has 0 radical (unpaired) electrons. The molecule has 0 saturated carbocycles. The molecule has 2 aromatic rings. The molecule has 4 heteroatoms. The quantitative estimate of drug-likeness (QED) is 0.426. The van der Waals surface area contributed by atoms with Crippen molar-refractivity contribution in [1.82, 2.24) is 0 Å². The molecule has 0 saturated heterocycles. The van der Waals surface area contributed by atoms with Gasteiger partial charge in [-0.15, -0.1) is 0 Å². The number of nitro groups is 1. The van der Waals surface area contributed by atoms with E-state index in [4.69, 9.17) is 0 Å². The first-order valence-electron chi connectivity index (χ1n) is 4.35. The molecule has 0 spiro atoms. The molecule has 0 aliphatic carbocycles. The van der Waals surface area contributed by atoms with Crippen molar-refractivity contribution in [3.63, 3.8) is 0 Å². The highest BCUT2D eigenvalue weighted by atomic mass is 16.6. The Morgan fingerprint density at radius 2 is 2.00 bits per heavy atom. The first-order valence-corrected chi connectivity index (χ1v) is 4.35. The molecular formula is C11H7NO3. The molecule has 74 valence electrons. The van der Waals surface area contributed by atoms with Crippen molar-refractivity contribution in [3.8, 4) is 0 Å². The fourth-order valence-corrected chi connectivity index (χ4v) is 1.50. The Labute approximate surface area is 85.3 Å². The molecule has 0 fully saturated rings. The highest BCUT2D eigenvalue weighted by molar-refractivity contribution is 5.98. The lowest BCUT2D eigenvalue weighted by Crippen LogP contribution is -1.89. The second-order valence-electron chi connectivity index (χ2n) is 3.13. The maximum atomic E-state index is 10.7. The van der Waals surface area contributed by atoms with Gasteiger partial charge in [-0.2, -0.15) is 0 Å². The van der Waals surface area contributed by atoms with Crippen LogP contribution in [0.5, 0.6) is 0 Å². The van der Waals surface area contributed by atoms with E-state index in [0.717, 1.165) is 5.39 Å². The van der Waals surface area contributed by atoms with Crippen LogP contribution in [0.2, 0.25) is 0 Å². The van der Waals surface area contributed by atoms with Crippen LogP contribution < -0.4 is 0 Å². The molecule has 0 N–H and O–H groups in total. The Morgan fingerprint density at radius 1 is 1.20 bits per heavy atom. The van der Waals surface area contributed by atoms with E-state index in [9.17, 15) is 14.9 Å². The summed E-state index contributed by atoms with van der Waals surface area (Å²) in [4.78, 5) is 20.8. The smallest absolute Gasteiger partial charge is 0.270 e. The number of benzene rings is 2. The average molecular weight is 201 g/mol. The Morgan fingerprint density at radius 3 is 2.67 bits per heavy atom. The number of nitrogens with zero attached hydrogens (tertiary/aromatic N) is 1. The Bertz CT molecular complexity index is 549. The van der Waals surface area contributed by atoms with Gasteiger partial charge >= 0.3 is 0 Å². The van der Waals surface area contributed by atoms with Gasteiger partial charge in [-0.3, -0.25) is 14.9 Å². The minimum Gasteiger partial charge on any atom is -0.298 e. The minimum absolute atomic E-state index is 0.00296. The van der Waals surface area contributed by atoms with E-state index < -0.39 is 4.92 Å². The summed E-state index contributed by atoms with van der Waals surface area (Å²) in [7, 11) is 0. The molecule has 0 atom stereocenters. The highest BCUT2D eigenvalue weighted by Gasteiger charge is 2.07. The van der Waals surface area contributed by atoms with E-state index in [0.29, 0.717) is 17.2 Å². The Balaban J connectivity index is 2.78. The largest absolute Gasteiger partial charge is 0.298 e. The molecule has 2 rings (SSSR count). The standard InChI is InChI=1S/C11H7NO3/c13-7-9-3-1-2-8-4-5-10(12(14)15)6-11(8)9/h1-7H. The zero-order valence-corrected chi connectivity index (χ0v) is 7.71. The first kappa shape index (κ1) is 9.33. The van der Waals surface area contributed by atoms with Crippen LogP contribution in [0, 0.1) is 10.1 Å². The third-order valence-corrected chi connectivity index (χ3v) is 2.24. The summed E-state index contributed by atoms with van der Waals surface area (Å²) in [6, 6.07) is 9.68. The molecule has 0 heterocycles. The summed E-state index contributed by atoms with van der Waals surface area (Å²) < 4.78 is 0. The molecule has 0 aliphatic heterocycles. The van der Waals surface area contributed by atoms with E-state index in [2.05, 4.69) is 0 Å². The maximum absolute atomic E-state index is 10.7. The van der Waals surface area contributed by atoms with Gasteiger partial charge in [0, 0.05) is 17.7 Å². The third-order valence-electron chi connectivity index (χ3n) is 2.24. The molecule has 0 unspecified atom stereocenters. The third kappa shape index (κ3) is 1.57. The van der Waals surface area contributed by atoms with Crippen LogP contribution in [-0.4, -0.2) is 11.2 Å². The number of rotatable bonds is 2. The lowest BCUT2D eigenvalue weighted by molar-refractivity contribution is -0.384. The summed E-state index contributed by atoms with van der Waals surface area (Å²) >= 11 is 0. The van der Waals surface area contributed by atoms with Crippen LogP contribution >= 0.6 is 0 Å².